The number of morpholine rings is 1. The molecule has 1 fully saturated rings. The van der Waals surface area contributed by atoms with Crippen LogP contribution in [-0.2, 0) is 4.74 Å². The number of hydrogen-bond acceptors (Lipinski definition) is 4. The average molecular weight is 270 g/mol. The van der Waals surface area contributed by atoms with Crippen molar-refractivity contribution in [2.75, 3.05) is 32.9 Å². The highest BCUT2D eigenvalue weighted by molar-refractivity contribution is 6.30. The van der Waals surface area contributed by atoms with E-state index < -0.39 is 6.10 Å². The molecule has 2 heterocycles. The normalized spacial score (nSPS) is 28.6. The van der Waals surface area contributed by atoms with Crippen LogP contribution in [0.4, 0.5) is 0 Å². The first-order chi connectivity index (χ1) is 8.75. The summed E-state index contributed by atoms with van der Waals surface area (Å²) in [4.78, 5) is 2.22. The Morgan fingerprint density at radius 2 is 2.06 bits per heavy atom. The Kier molecular flexibility index (Phi) is 3.43. The average Bonchev–Trinajstić information content (AvgIpc) is 2.41. The van der Waals surface area contributed by atoms with E-state index in [1.165, 1.54) is 0 Å². The molecule has 98 valence electrons. The molecule has 4 nitrogen and oxygen atoms in total. The second-order valence-corrected chi connectivity index (χ2v) is 5.09. The molecule has 0 aromatic heterocycles. The number of ether oxygens (including phenoxy) is 2. The molecule has 2 atom stereocenters. The van der Waals surface area contributed by atoms with Crippen molar-refractivity contribution < 1.29 is 14.6 Å². The molecule has 0 radical (unpaired) electrons. The maximum absolute atomic E-state index is 10.5. The fourth-order valence-electron chi connectivity index (χ4n) is 2.57. The Hall–Kier alpha value is -0.810. The monoisotopic (exact) mass is 269 g/mol. The molecule has 2 unspecified atom stereocenters. The van der Waals surface area contributed by atoms with E-state index in [9.17, 15) is 5.11 Å². The summed E-state index contributed by atoms with van der Waals surface area (Å²) >= 11 is 5.98. The Labute approximate surface area is 111 Å². The third-order valence-corrected chi connectivity index (χ3v) is 3.81. The Balaban J connectivity index is 1.83. The molecule has 1 aromatic rings. The van der Waals surface area contributed by atoms with Crippen molar-refractivity contribution in [2.24, 2.45) is 0 Å². The van der Waals surface area contributed by atoms with E-state index in [-0.39, 0.29) is 6.04 Å². The molecule has 1 N–H and O–H groups in total. The minimum Gasteiger partial charge on any atom is -0.491 e. The van der Waals surface area contributed by atoms with Gasteiger partial charge in [0, 0.05) is 23.7 Å². The summed E-state index contributed by atoms with van der Waals surface area (Å²) in [5, 5.41) is 11.1. The zero-order valence-corrected chi connectivity index (χ0v) is 10.8. The van der Waals surface area contributed by atoms with Gasteiger partial charge in [-0.05, 0) is 18.2 Å². The number of benzene rings is 1. The van der Waals surface area contributed by atoms with Crippen molar-refractivity contribution in [3.63, 3.8) is 0 Å². The molecule has 18 heavy (non-hydrogen) atoms. The first-order valence-electron chi connectivity index (χ1n) is 6.18. The van der Waals surface area contributed by atoms with Gasteiger partial charge in [0.2, 0.25) is 0 Å². The minimum absolute atomic E-state index is 0.0140. The van der Waals surface area contributed by atoms with Crippen LogP contribution in [-0.4, -0.2) is 49.0 Å². The lowest BCUT2D eigenvalue weighted by Gasteiger charge is -2.39. The van der Waals surface area contributed by atoms with Gasteiger partial charge in [0.1, 0.15) is 18.5 Å². The quantitative estimate of drug-likeness (QED) is 0.838. The molecule has 1 aromatic carbocycles. The molecule has 0 spiro atoms. The number of hydrogen-bond donors (Lipinski definition) is 1. The number of fused-ring (bicyclic) bond motifs is 1. The van der Waals surface area contributed by atoms with E-state index in [1.807, 2.05) is 6.07 Å². The summed E-state index contributed by atoms with van der Waals surface area (Å²) in [6.07, 6.45) is -0.550. The van der Waals surface area contributed by atoms with E-state index in [0.717, 1.165) is 24.4 Å². The zero-order valence-electron chi connectivity index (χ0n) is 10.0. The van der Waals surface area contributed by atoms with Crippen LogP contribution in [0.3, 0.4) is 0 Å². The standard InChI is InChI=1S/C13H16ClNO3/c14-9-1-2-12-10(7-9)13(16)11(8-18-12)15-3-5-17-6-4-15/h1-2,7,11,13,16H,3-6,8H2. The Morgan fingerprint density at radius 1 is 1.28 bits per heavy atom. The molecular weight excluding hydrogens is 254 g/mol. The van der Waals surface area contributed by atoms with Crippen LogP contribution in [0.15, 0.2) is 18.2 Å². The van der Waals surface area contributed by atoms with E-state index >= 15 is 0 Å². The summed E-state index contributed by atoms with van der Waals surface area (Å²) in [5.74, 6) is 0.733. The lowest BCUT2D eigenvalue weighted by Crippen LogP contribution is -2.50. The maximum atomic E-state index is 10.5. The van der Waals surface area contributed by atoms with Gasteiger partial charge >= 0.3 is 0 Å². The van der Waals surface area contributed by atoms with Gasteiger partial charge in [-0.15, -0.1) is 0 Å². The van der Waals surface area contributed by atoms with Crippen LogP contribution in [0.25, 0.3) is 0 Å². The van der Waals surface area contributed by atoms with Gasteiger partial charge in [0.25, 0.3) is 0 Å². The van der Waals surface area contributed by atoms with Crippen LogP contribution < -0.4 is 4.74 Å². The number of rotatable bonds is 1. The topological polar surface area (TPSA) is 41.9 Å². The molecule has 5 heteroatoms. The van der Waals surface area contributed by atoms with Crippen molar-refractivity contribution in [3.8, 4) is 5.75 Å². The first-order valence-corrected chi connectivity index (χ1v) is 6.55. The molecule has 3 rings (SSSR count). The van der Waals surface area contributed by atoms with Gasteiger partial charge in [-0.2, -0.15) is 0 Å². The fourth-order valence-corrected chi connectivity index (χ4v) is 2.75. The predicted octanol–water partition coefficient (Wildman–Crippen LogP) is 1.47. The van der Waals surface area contributed by atoms with E-state index in [4.69, 9.17) is 21.1 Å². The molecular formula is C13H16ClNO3. The number of halogens is 1. The molecule has 2 aliphatic rings. The molecule has 0 saturated carbocycles. The van der Waals surface area contributed by atoms with Gasteiger partial charge in [0.05, 0.1) is 19.3 Å². The van der Waals surface area contributed by atoms with Crippen LogP contribution >= 0.6 is 11.6 Å². The molecule has 2 aliphatic heterocycles. The predicted molar refractivity (Wildman–Crippen MR) is 68.1 cm³/mol. The maximum Gasteiger partial charge on any atom is 0.125 e. The number of aliphatic hydroxyl groups excluding tert-OH is 1. The lowest BCUT2D eigenvalue weighted by atomic mass is 9.97. The summed E-state index contributed by atoms with van der Waals surface area (Å²) in [6.45, 7) is 3.61. The summed E-state index contributed by atoms with van der Waals surface area (Å²) < 4.78 is 11.0. The fraction of sp³-hybridized carbons (Fsp3) is 0.538. The molecule has 0 amide bonds. The number of aliphatic hydroxyl groups is 1. The lowest BCUT2D eigenvalue weighted by molar-refractivity contribution is -0.0454. The third-order valence-electron chi connectivity index (χ3n) is 3.58. The van der Waals surface area contributed by atoms with Gasteiger partial charge in [-0.1, -0.05) is 11.6 Å². The zero-order chi connectivity index (χ0) is 12.5. The molecule has 0 aliphatic carbocycles. The summed E-state index contributed by atoms with van der Waals surface area (Å²) in [6, 6.07) is 5.37. The van der Waals surface area contributed by atoms with Gasteiger partial charge < -0.3 is 14.6 Å². The Bertz CT molecular complexity index is 434. The van der Waals surface area contributed by atoms with Crippen molar-refractivity contribution in [3.05, 3.63) is 28.8 Å². The molecule has 1 saturated heterocycles. The first kappa shape index (κ1) is 12.2. The van der Waals surface area contributed by atoms with Crippen molar-refractivity contribution >= 4 is 11.6 Å². The summed E-state index contributed by atoms with van der Waals surface area (Å²) in [5.41, 5.74) is 0.783. The van der Waals surface area contributed by atoms with E-state index in [2.05, 4.69) is 4.90 Å². The van der Waals surface area contributed by atoms with Gasteiger partial charge in [0.15, 0.2) is 0 Å². The number of nitrogens with zero attached hydrogens (tertiary/aromatic N) is 1. The van der Waals surface area contributed by atoms with E-state index in [1.54, 1.807) is 12.1 Å². The van der Waals surface area contributed by atoms with Crippen LogP contribution in [0.1, 0.15) is 11.7 Å². The highest BCUT2D eigenvalue weighted by Gasteiger charge is 2.34. The van der Waals surface area contributed by atoms with Gasteiger partial charge in [-0.25, -0.2) is 0 Å². The largest absolute Gasteiger partial charge is 0.491 e. The Morgan fingerprint density at radius 3 is 2.83 bits per heavy atom. The highest BCUT2D eigenvalue weighted by atomic mass is 35.5. The van der Waals surface area contributed by atoms with Crippen molar-refractivity contribution in [1.82, 2.24) is 4.90 Å². The highest BCUT2D eigenvalue weighted by Crippen LogP contribution is 2.36. The second-order valence-electron chi connectivity index (χ2n) is 4.65. The van der Waals surface area contributed by atoms with E-state index in [0.29, 0.717) is 24.8 Å². The minimum atomic E-state index is -0.550. The molecule has 0 bridgehead atoms. The van der Waals surface area contributed by atoms with Crippen LogP contribution in [0.5, 0.6) is 5.75 Å². The van der Waals surface area contributed by atoms with Crippen LogP contribution in [0, 0.1) is 0 Å². The summed E-state index contributed by atoms with van der Waals surface area (Å²) in [7, 11) is 0. The van der Waals surface area contributed by atoms with Gasteiger partial charge in [-0.3, -0.25) is 4.90 Å². The van der Waals surface area contributed by atoms with Crippen molar-refractivity contribution in [1.29, 1.82) is 0 Å². The van der Waals surface area contributed by atoms with Crippen molar-refractivity contribution in [2.45, 2.75) is 12.1 Å². The SMILES string of the molecule is OC1c2cc(Cl)ccc2OCC1N1CCOCC1. The smallest absolute Gasteiger partial charge is 0.125 e. The third kappa shape index (κ3) is 2.21. The van der Waals surface area contributed by atoms with Crippen LogP contribution in [0.2, 0.25) is 5.02 Å². The second kappa shape index (κ2) is 5.05.